The summed E-state index contributed by atoms with van der Waals surface area (Å²) in [6, 6.07) is 8.77. The van der Waals surface area contributed by atoms with Gasteiger partial charge in [-0.15, -0.1) is 0 Å². The monoisotopic (exact) mass is 268 g/mol. The summed E-state index contributed by atoms with van der Waals surface area (Å²) in [5.41, 5.74) is 1.63. The summed E-state index contributed by atoms with van der Waals surface area (Å²) in [5.74, 6) is 0.638. The van der Waals surface area contributed by atoms with E-state index < -0.39 is 0 Å². The molecule has 1 aromatic carbocycles. The predicted octanol–water partition coefficient (Wildman–Crippen LogP) is 4.21. The number of halogens is 2. The van der Waals surface area contributed by atoms with Crippen LogP contribution in [0.3, 0.4) is 0 Å². The predicted molar refractivity (Wildman–Crippen MR) is 60.6 cm³/mol. The lowest BCUT2D eigenvalue weighted by molar-refractivity contribution is 0.519. The second kappa shape index (κ2) is 4.19. The second-order valence-corrected chi connectivity index (χ2v) is 4.30. The molecular formula is C12H10BrFO. The van der Waals surface area contributed by atoms with Crippen LogP contribution in [0.25, 0.3) is 0 Å². The van der Waals surface area contributed by atoms with Crippen LogP contribution in [0.1, 0.15) is 21.7 Å². The van der Waals surface area contributed by atoms with Crippen LogP contribution in [0.2, 0.25) is 0 Å². The van der Waals surface area contributed by atoms with Crippen LogP contribution in [0.15, 0.2) is 41.0 Å². The molecule has 0 aliphatic heterocycles. The molecule has 0 bridgehead atoms. The SMILES string of the molecule is Cc1cc(C(Br)c2ccco2)ccc1F. The largest absolute Gasteiger partial charge is 0.468 e. The van der Waals surface area contributed by atoms with E-state index in [4.69, 9.17) is 4.42 Å². The zero-order chi connectivity index (χ0) is 10.8. The third-order valence-electron chi connectivity index (χ3n) is 2.27. The summed E-state index contributed by atoms with van der Waals surface area (Å²) < 4.78 is 18.3. The lowest BCUT2D eigenvalue weighted by Crippen LogP contribution is -1.92. The molecule has 0 aliphatic carbocycles. The minimum Gasteiger partial charge on any atom is -0.468 e. The average molecular weight is 269 g/mol. The Morgan fingerprint density at radius 3 is 2.73 bits per heavy atom. The first-order valence-electron chi connectivity index (χ1n) is 4.62. The first-order chi connectivity index (χ1) is 7.18. The second-order valence-electron chi connectivity index (χ2n) is 3.39. The molecule has 2 aromatic rings. The highest BCUT2D eigenvalue weighted by molar-refractivity contribution is 9.09. The highest BCUT2D eigenvalue weighted by Crippen LogP contribution is 2.31. The Kier molecular flexibility index (Phi) is 2.91. The first kappa shape index (κ1) is 10.4. The van der Waals surface area contributed by atoms with Crippen LogP contribution in [-0.4, -0.2) is 0 Å². The van der Waals surface area contributed by atoms with Crippen molar-refractivity contribution in [1.29, 1.82) is 0 Å². The van der Waals surface area contributed by atoms with E-state index in [-0.39, 0.29) is 10.6 Å². The molecule has 1 nitrogen and oxygen atoms in total. The number of furan rings is 1. The molecule has 3 heteroatoms. The van der Waals surface area contributed by atoms with Crippen molar-refractivity contribution in [1.82, 2.24) is 0 Å². The van der Waals surface area contributed by atoms with E-state index in [1.54, 1.807) is 19.3 Å². The molecule has 0 N–H and O–H groups in total. The van der Waals surface area contributed by atoms with E-state index in [2.05, 4.69) is 15.9 Å². The van der Waals surface area contributed by atoms with Gasteiger partial charge in [-0.05, 0) is 36.2 Å². The molecular weight excluding hydrogens is 259 g/mol. The Morgan fingerprint density at radius 2 is 2.13 bits per heavy atom. The third kappa shape index (κ3) is 2.12. The normalized spacial score (nSPS) is 12.7. The Hall–Kier alpha value is -1.09. The number of hydrogen-bond acceptors (Lipinski definition) is 1. The molecule has 0 radical (unpaired) electrons. The molecule has 2 rings (SSSR count). The van der Waals surface area contributed by atoms with E-state index >= 15 is 0 Å². The summed E-state index contributed by atoms with van der Waals surface area (Å²) in [4.78, 5) is -0.0215. The van der Waals surface area contributed by atoms with Gasteiger partial charge >= 0.3 is 0 Å². The molecule has 1 atom stereocenters. The van der Waals surface area contributed by atoms with Gasteiger partial charge in [0.25, 0.3) is 0 Å². The minimum atomic E-state index is -0.183. The van der Waals surface area contributed by atoms with E-state index in [9.17, 15) is 4.39 Å². The zero-order valence-electron chi connectivity index (χ0n) is 8.21. The van der Waals surface area contributed by atoms with Gasteiger partial charge in [0.05, 0.1) is 11.1 Å². The molecule has 0 saturated heterocycles. The Labute approximate surface area is 96.0 Å². The Bertz CT molecular complexity index is 451. The van der Waals surface area contributed by atoms with E-state index in [0.29, 0.717) is 5.56 Å². The van der Waals surface area contributed by atoms with Crippen molar-refractivity contribution in [3.05, 3.63) is 59.3 Å². The van der Waals surface area contributed by atoms with Gasteiger partial charge in [0.15, 0.2) is 0 Å². The molecule has 1 unspecified atom stereocenters. The van der Waals surface area contributed by atoms with Gasteiger partial charge in [-0.1, -0.05) is 28.1 Å². The van der Waals surface area contributed by atoms with Crippen molar-refractivity contribution in [3.8, 4) is 0 Å². The Balaban J connectivity index is 2.34. The molecule has 15 heavy (non-hydrogen) atoms. The minimum absolute atomic E-state index is 0.0215. The smallest absolute Gasteiger partial charge is 0.126 e. The number of aryl methyl sites for hydroxylation is 1. The highest BCUT2D eigenvalue weighted by atomic mass is 79.9. The summed E-state index contributed by atoms with van der Waals surface area (Å²) in [6.07, 6.45) is 1.62. The fourth-order valence-electron chi connectivity index (χ4n) is 1.43. The molecule has 1 heterocycles. The van der Waals surface area contributed by atoms with Gasteiger partial charge in [0.1, 0.15) is 11.6 Å². The molecule has 1 aromatic heterocycles. The summed E-state index contributed by atoms with van der Waals surface area (Å²) >= 11 is 3.52. The number of benzene rings is 1. The van der Waals surface area contributed by atoms with Crippen molar-refractivity contribution in [2.45, 2.75) is 11.8 Å². The average Bonchev–Trinajstić information content (AvgIpc) is 2.74. The van der Waals surface area contributed by atoms with E-state index in [1.807, 2.05) is 18.2 Å². The van der Waals surface area contributed by atoms with Crippen LogP contribution >= 0.6 is 15.9 Å². The van der Waals surface area contributed by atoms with E-state index in [0.717, 1.165) is 11.3 Å². The van der Waals surface area contributed by atoms with Gasteiger partial charge in [0.2, 0.25) is 0 Å². The van der Waals surface area contributed by atoms with Crippen molar-refractivity contribution in [3.63, 3.8) is 0 Å². The van der Waals surface area contributed by atoms with Crippen molar-refractivity contribution >= 4 is 15.9 Å². The number of hydrogen-bond donors (Lipinski definition) is 0. The zero-order valence-corrected chi connectivity index (χ0v) is 9.79. The van der Waals surface area contributed by atoms with Gasteiger partial charge in [0, 0.05) is 0 Å². The van der Waals surface area contributed by atoms with Crippen molar-refractivity contribution in [2.75, 3.05) is 0 Å². The molecule has 0 saturated carbocycles. The summed E-state index contributed by atoms with van der Waals surface area (Å²) in [5, 5.41) is 0. The van der Waals surface area contributed by atoms with Crippen LogP contribution < -0.4 is 0 Å². The topological polar surface area (TPSA) is 13.1 Å². The quantitative estimate of drug-likeness (QED) is 0.744. The third-order valence-corrected chi connectivity index (χ3v) is 3.25. The molecule has 0 fully saturated rings. The fraction of sp³-hybridized carbons (Fsp3) is 0.167. The fourth-order valence-corrected chi connectivity index (χ4v) is 1.97. The van der Waals surface area contributed by atoms with Gasteiger partial charge in [-0.2, -0.15) is 0 Å². The maximum absolute atomic E-state index is 13.1. The van der Waals surface area contributed by atoms with Crippen molar-refractivity contribution in [2.24, 2.45) is 0 Å². The maximum Gasteiger partial charge on any atom is 0.126 e. The molecule has 0 aliphatic rings. The van der Waals surface area contributed by atoms with Crippen LogP contribution in [-0.2, 0) is 0 Å². The van der Waals surface area contributed by atoms with Gasteiger partial charge in [-0.25, -0.2) is 4.39 Å². The van der Waals surface area contributed by atoms with Crippen LogP contribution in [0, 0.1) is 12.7 Å². The lowest BCUT2D eigenvalue weighted by atomic mass is 10.1. The number of rotatable bonds is 2. The molecule has 0 amide bonds. The van der Waals surface area contributed by atoms with Crippen LogP contribution in [0.5, 0.6) is 0 Å². The van der Waals surface area contributed by atoms with Crippen LogP contribution in [0.4, 0.5) is 4.39 Å². The molecule has 0 spiro atoms. The highest BCUT2D eigenvalue weighted by Gasteiger charge is 2.13. The lowest BCUT2D eigenvalue weighted by Gasteiger charge is -2.08. The van der Waals surface area contributed by atoms with Gasteiger partial charge < -0.3 is 4.42 Å². The maximum atomic E-state index is 13.1. The first-order valence-corrected chi connectivity index (χ1v) is 5.53. The van der Waals surface area contributed by atoms with Gasteiger partial charge in [-0.3, -0.25) is 0 Å². The molecule has 78 valence electrons. The number of alkyl halides is 1. The van der Waals surface area contributed by atoms with E-state index in [1.165, 1.54) is 6.07 Å². The summed E-state index contributed by atoms with van der Waals surface area (Å²) in [7, 11) is 0. The van der Waals surface area contributed by atoms with Crippen molar-refractivity contribution < 1.29 is 8.81 Å². The standard InChI is InChI=1S/C12H10BrFO/c1-8-7-9(4-5-10(8)14)12(13)11-3-2-6-15-11/h2-7,12H,1H3. The Morgan fingerprint density at radius 1 is 1.33 bits per heavy atom. The summed E-state index contributed by atoms with van der Waals surface area (Å²) in [6.45, 7) is 1.75.